The number of carbonyl (C=O) groups excluding carboxylic acids is 3. The lowest BCUT2D eigenvalue weighted by Crippen LogP contribution is -2.60. The lowest BCUT2D eigenvalue weighted by Gasteiger charge is -2.43. The highest BCUT2D eigenvalue weighted by Gasteiger charge is 2.50. The van der Waals surface area contributed by atoms with Gasteiger partial charge in [-0.1, -0.05) is 11.8 Å². The molecule has 9 nitrogen and oxygen atoms in total. The zero-order valence-electron chi connectivity index (χ0n) is 13.6. The number of thioether (sulfide) groups is 1. The van der Waals surface area contributed by atoms with Crippen molar-refractivity contribution < 1.29 is 33.3 Å². The Morgan fingerprint density at radius 3 is 1.79 bits per heavy atom. The van der Waals surface area contributed by atoms with Gasteiger partial charge in [0.25, 0.3) is 0 Å². The van der Waals surface area contributed by atoms with E-state index in [9.17, 15) is 14.4 Å². The number of nitrogens with one attached hydrogen (secondary N) is 1. The van der Waals surface area contributed by atoms with Gasteiger partial charge in [0.1, 0.15) is 0 Å². The van der Waals surface area contributed by atoms with Gasteiger partial charge in [-0.2, -0.15) is 0 Å². The van der Waals surface area contributed by atoms with E-state index in [1.807, 2.05) is 0 Å². The predicted molar refractivity (Wildman–Crippen MR) is 90.8 cm³/mol. The molecule has 0 saturated carbocycles. The Morgan fingerprint density at radius 2 is 1.38 bits per heavy atom. The smallest absolute Gasteiger partial charge is 0.303 e. The monoisotopic (exact) mass is 428 g/mol. The minimum Gasteiger partial charge on any atom is -0.456 e. The summed E-state index contributed by atoms with van der Waals surface area (Å²) < 4.78 is 21.2. The van der Waals surface area contributed by atoms with Gasteiger partial charge in [0.2, 0.25) is 0 Å². The molecule has 0 radical (unpaired) electrons. The molecule has 138 valence electrons. The topological polar surface area (TPSA) is 138 Å². The second-order valence-electron chi connectivity index (χ2n) is 4.91. The van der Waals surface area contributed by atoms with Gasteiger partial charge in [0.15, 0.2) is 28.9 Å². The maximum Gasteiger partial charge on any atom is 0.303 e. The number of ether oxygens (including phenoxy) is 4. The molecule has 1 aliphatic heterocycles. The van der Waals surface area contributed by atoms with Gasteiger partial charge >= 0.3 is 17.9 Å². The summed E-state index contributed by atoms with van der Waals surface area (Å²) in [7, 11) is 0. The molecule has 24 heavy (non-hydrogen) atoms. The molecular formula is C13H21BrN2O7S. The largest absolute Gasteiger partial charge is 0.456 e. The zero-order valence-corrected chi connectivity index (χ0v) is 16.2. The molecule has 3 N–H and O–H groups in total. The number of amidine groups is 1. The van der Waals surface area contributed by atoms with Crippen LogP contribution in [-0.2, 0) is 33.3 Å². The summed E-state index contributed by atoms with van der Waals surface area (Å²) in [6.07, 6.45) is -3.76. The first-order chi connectivity index (χ1) is 10.6. The van der Waals surface area contributed by atoms with Gasteiger partial charge in [-0.15, -0.1) is 17.0 Å². The molecule has 1 heterocycles. The van der Waals surface area contributed by atoms with Gasteiger partial charge in [0, 0.05) is 20.8 Å². The van der Waals surface area contributed by atoms with E-state index in [2.05, 4.69) is 0 Å². The lowest BCUT2D eigenvalue weighted by atomic mass is 10.00. The molecule has 5 atom stereocenters. The molecule has 0 aromatic carbocycles. The van der Waals surface area contributed by atoms with Crippen molar-refractivity contribution >= 4 is 51.8 Å². The van der Waals surface area contributed by atoms with Gasteiger partial charge < -0.3 is 24.7 Å². The third-order valence-corrected chi connectivity index (χ3v) is 3.74. The molecule has 0 aliphatic carbocycles. The number of rotatable bonds is 4. The first-order valence-electron chi connectivity index (χ1n) is 6.79. The average Bonchev–Trinajstić information content (AvgIpc) is 2.36. The number of hydrogen-bond donors (Lipinski definition) is 2. The Balaban J connectivity index is 0.00000529. The number of carbonyl (C=O) groups is 3. The van der Waals surface area contributed by atoms with Crippen LogP contribution in [0.2, 0.25) is 0 Å². The highest BCUT2D eigenvalue weighted by molar-refractivity contribution is 8.93. The minimum atomic E-state index is -1.08. The number of halogens is 1. The Bertz CT molecular complexity index is 505. The molecule has 0 unspecified atom stereocenters. The molecule has 1 saturated heterocycles. The quantitative estimate of drug-likeness (QED) is 0.287. The normalized spacial score (nSPS) is 28.9. The zero-order chi connectivity index (χ0) is 17.7. The standard InChI is InChI=1S/C13H20N2O7S.BrH/c1-5-9(20-6(2)16)10(21-7(3)17)11(22-8(4)18)12(19-5)23-13(14)15;/h5,9-12H,1-4H3,(H3,14,15);1H/t5-,9-,10+,11+,12-;/m0./s1. The molecule has 1 aliphatic rings. The van der Waals surface area contributed by atoms with E-state index in [0.29, 0.717) is 0 Å². The van der Waals surface area contributed by atoms with E-state index >= 15 is 0 Å². The Labute approximate surface area is 154 Å². The van der Waals surface area contributed by atoms with Crippen LogP contribution in [0, 0.1) is 5.41 Å². The van der Waals surface area contributed by atoms with Crippen LogP contribution < -0.4 is 5.73 Å². The Kier molecular flexibility index (Phi) is 9.30. The minimum absolute atomic E-state index is 0. The molecule has 11 heteroatoms. The SMILES string of the molecule is Br.CC(=O)O[C@@H]1[C@@H](OC(C)=O)[C@H](C)O[C@@H](SC(=N)N)[C@@H]1OC(C)=O. The van der Waals surface area contributed by atoms with Crippen LogP contribution in [-0.4, -0.2) is 52.9 Å². The molecule has 0 amide bonds. The predicted octanol–water partition coefficient (Wildman–Crippen LogP) is 0.731. The van der Waals surface area contributed by atoms with Crippen LogP contribution in [0.3, 0.4) is 0 Å². The van der Waals surface area contributed by atoms with Crippen LogP contribution in [0.15, 0.2) is 0 Å². The van der Waals surface area contributed by atoms with Crippen LogP contribution in [0.1, 0.15) is 27.7 Å². The maximum atomic E-state index is 11.4. The van der Waals surface area contributed by atoms with Gasteiger partial charge in [0.05, 0.1) is 6.10 Å². The molecule has 0 bridgehead atoms. The van der Waals surface area contributed by atoms with Crippen molar-refractivity contribution in [1.82, 2.24) is 0 Å². The van der Waals surface area contributed by atoms with E-state index in [1.165, 1.54) is 20.8 Å². The van der Waals surface area contributed by atoms with Crippen molar-refractivity contribution in [3.8, 4) is 0 Å². The number of nitrogens with two attached hydrogens (primary N) is 1. The van der Waals surface area contributed by atoms with E-state index in [1.54, 1.807) is 6.92 Å². The van der Waals surface area contributed by atoms with E-state index in [4.69, 9.17) is 30.1 Å². The van der Waals surface area contributed by atoms with E-state index < -0.39 is 47.8 Å². The van der Waals surface area contributed by atoms with Crippen molar-refractivity contribution in [1.29, 1.82) is 5.41 Å². The molecular weight excluding hydrogens is 408 g/mol. The highest BCUT2D eigenvalue weighted by atomic mass is 79.9. The fourth-order valence-electron chi connectivity index (χ4n) is 2.19. The molecule has 0 aromatic rings. The second-order valence-corrected chi connectivity index (χ2v) is 6.05. The Hall–Kier alpha value is -1.33. The van der Waals surface area contributed by atoms with Crippen molar-refractivity contribution in [3.05, 3.63) is 0 Å². The molecule has 0 aromatic heterocycles. The van der Waals surface area contributed by atoms with Crippen molar-refractivity contribution in [3.63, 3.8) is 0 Å². The average molecular weight is 429 g/mol. The van der Waals surface area contributed by atoms with Crippen LogP contribution in [0.25, 0.3) is 0 Å². The summed E-state index contributed by atoms with van der Waals surface area (Å²) >= 11 is 0.811. The summed E-state index contributed by atoms with van der Waals surface area (Å²) in [5, 5.41) is 7.11. The van der Waals surface area contributed by atoms with E-state index in [0.717, 1.165) is 11.8 Å². The first-order valence-corrected chi connectivity index (χ1v) is 7.67. The summed E-state index contributed by atoms with van der Waals surface area (Å²) in [4.78, 5) is 34.0. The van der Waals surface area contributed by atoms with Crippen molar-refractivity contribution in [2.75, 3.05) is 0 Å². The van der Waals surface area contributed by atoms with Gasteiger partial charge in [-0.3, -0.25) is 19.8 Å². The third-order valence-electron chi connectivity index (χ3n) is 2.88. The van der Waals surface area contributed by atoms with Gasteiger partial charge in [-0.25, -0.2) is 0 Å². The molecule has 1 rings (SSSR count). The Morgan fingerprint density at radius 1 is 0.958 bits per heavy atom. The lowest BCUT2D eigenvalue weighted by molar-refractivity contribution is -0.228. The van der Waals surface area contributed by atoms with Crippen LogP contribution in [0.4, 0.5) is 0 Å². The number of hydrogen-bond acceptors (Lipinski definition) is 9. The first kappa shape index (κ1) is 22.7. The van der Waals surface area contributed by atoms with Crippen LogP contribution in [0.5, 0.6) is 0 Å². The third kappa shape index (κ3) is 6.65. The molecule has 0 spiro atoms. The summed E-state index contributed by atoms with van der Waals surface area (Å²) in [6.45, 7) is 5.18. The fourth-order valence-corrected chi connectivity index (χ4v) is 3.02. The van der Waals surface area contributed by atoms with Gasteiger partial charge in [-0.05, 0) is 6.92 Å². The fraction of sp³-hybridized carbons (Fsp3) is 0.692. The van der Waals surface area contributed by atoms with Crippen LogP contribution >= 0.6 is 28.7 Å². The van der Waals surface area contributed by atoms with Crippen molar-refractivity contribution in [2.45, 2.75) is 57.5 Å². The second kappa shape index (κ2) is 9.84. The van der Waals surface area contributed by atoms with E-state index in [-0.39, 0.29) is 22.1 Å². The summed E-state index contributed by atoms with van der Waals surface area (Å²) in [6, 6.07) is 0. The highest BCUT2D eigenvalue weighted by Crippen LogP contribution is 2.33. The maximum absolute atomic E-state index is 11.4. The number of esters is 3. The summed E-state index contributed by atoms with van der Waals surface area (Å²) in [5.74, 6) is -1.87. The molecule has 1 fully saturated rings. The van der Waals surface area contributed by atoms with Crippen molar-refractivity contribution in [2.24, 2.45) is 5.73 Å². The summed E-state index contributed by atoms with van der Waals surface area (Å²) in [5.41, 5.74) is 4.48.